The van der Waals surface area contributed by atoms with Gasteiger partial charge < -0.3 is 25.6 Å². The quantitative estimate of drug-likeness (QED) is 0.232. The monoisotopic (exact) mass is 614 g/mol. The Morgan fingerprint density at radius 3 is 2.72 bits per heavy atom. The van der Waals surface area contributed by atoms with Gasteiger partial charge in [0.15, 0.2) is 5.75 Å². The molecule has 2 aromatic carbocycles. The van der Waals surface area contributed by atoms with Gasteiger partial charge in [0.1, 0.15) is 35.3 Å². The van der Waals surface area contributed by atoms with E-state index in [-0.39, 0.29) is 48.0 Å². The molecule has 43 heavy (non-hydrogen) atoms. The number of amides is 2. The molecule has 2 atom stereocenters. The first-order valence-corrected chi connectivity index (χ1v) is 13.6. The zero-order valence-corrected chi connectivity index (χ0v) is 23.5. The number of aliphatic hydroxyl groups is 1. The number of ether oxygens (including phenoxy) is 2. The van der Waals surface area contributed by atoms with Crippen molar-refractivity contribution in [3.63, 3.8) is 0 Å². The van der Waals surface area contributed by atoms with Gasteiger partial charge in [0.2, 0.25) is 5.91 Å². The third-order valence-corrected chi connectivity index (χ3v) is 7.39. The van der Waals surface area contributed by atoms with Crippen LogP contribution in [0.15, 0.2) is 48.7 Å². The van der Waals surface area contributed by atoms with E-state index in [9.17, 15) is 27.9 Å². The molecular weight excluding hydrogens is 589 g/mol. The molecule has 1 aliphatic heterocycles. The van der Waals surface area contributed by atoms with Crippen molar-refractivity contribution in [1.29, 1.82) is 0 Å². The number of aromatic nitrogens is 2. The molecule has 0 spiro atoms. The highest BCUT2D eigenvalue weighted by Crippen LogP contribution is 2.43. The number of aliphatic hydroxyl groups excluding tert-OH is 1. The van der Waals surface area contributed by atoms with Crippen LogP contribution in [0.2, 0.25) is 5.02 Å². The number of rotatable bonds is 10. The van der Waals surface area contributed by atoms with E-state index in [2.05, 4.69) is 15.0 Å². The van der Waals surface area contributed by atoms with Gasteiger partial charge in [0.05, 0.1) is 5.02 Å². The van der Waals surface area contributed by atoms with Gasteiger partial charge in [-0.2, -0.15) is 8.78 Å². The number of primary amides is 1. The summed E-state index contributed by atoms with van der Waals surface area (Å²) in [4.78, 5) is 34.3. The van der Waals surface area contributed by atoms with Crippen LogP contribution in [0.1, 0.15) is 45.4 Å². The summed E-state index contributed by atoms with van der Waals surface area (Å²) in [5.41, 5.74) is 8.20. The fourth-order valence-corrected chi connectivity index (χ4v) is 5.18. The van der Waals surface area contributed by atoms with Gasteiger partial charge in [-0.15, -0.1) is 0 Å². The largest absolute Gasteiger partial charge is 0.490 e. The van der Waals surface area contributed by atoms with Crippen LogP contribution in [-0.4, -0.2) is 53.3 Å². The lowest BCUT2D eigenvalue weighted by molar-refractivity contribution is -0.119. The molecule has 4 N–H and O–H groups in total. The zero-order valence-electron chi connectivity index (χ0n) is 22.7. The first kappa shape index (κ1) is 30.1. The lowest BCUT2D eigenvalue weighted by Gasteiger charge is -2.20. The van der Waals surface area contributed by atoms with Crippen molar-refractivity contribution in [3.05, 3.63) is 81.9 Å². The number of nitrogens with one attached hydrogen (secondary N) is 1. The molecule has 2 amide bonds. The number of halogens is 4. The molecule has 1 aliphatic rings. The molecule has 4 aromatic rings. The van der Waals surface area contributed by atoms with Gasteiger partial charge in [-0.1, -0.05) is 11.6 Å². The van der Waals surface area contributed by atoms with Crippen LogP contribution in [-0.2, 0) is 4.79 Å². The molecule has 3 heterocycles. The number of carbonyl (C=O) groups is 2. The number of hydrogen-bond donors (Lipinski definition) is 3. The minimum Gasteiger partial charge on any atom is -0.490 e. The topological polar surface area (TPSA) is 137 Å². The molecule has 224 valence electrons. The Morgan fingerprint density at radius 1 is 1.23 bits per heavy atom. The van der Waals surface area contributed by atoms with Crippen LogP contribution in [0, 0.1) is 12.7 Å². The standard InChI is InChI=1S/C30H26ClF3N4O5/c1-14-6-17-7-18(9-24(43-30(33)34)25(17)36-11-14)29(41)37-12-16(4-5-39)23-10-19-20(28(35)40)13-42-27(19)26(38-23)15-2-3-22(32)21(31)8-15/h2-3,6-11,16,20,30,39H,4-5,12-13H2,1H3,(H2,35,40)(H,37,41). The zero-order chi connectivity index (χ0) is 30.8. The van der Waals surface area contributed by atoms with E-state index in [1.165, 1.54) is 36.5 Å². The van der Waals surface area contributed by atoms with Crippen LogP contribution in [0.25, 0.3) is 22.2 Å². The minimum absolute atomic E-state index is 0.0154. The predicted molar refractivity (Wildman–Crippen MR) is 152 cm³/mol. The number of aryl methyl sites for hydroxylation is 1. The molecule has 2 unspecified atom stereocenters. The van der Waals surface area contributed by atoms with E-state index in [0.29, 0.717) is 33.7 Å². The van der Waals surface area contributed by atoms with Crippen LogP contribution in [0.4, 0.5) is 13.2 Å². The van der Waals surface area contributed by atoms with E-state index in [0.717, 1.165) is 5.56 Å². The van der Waals surface area contributed by atoms with Crippen LogP contribution in [0.3, 0.4) is 0 Å². The normalized spacial score (nSPS) is 14.8. The molecule has 2 aromatic heterocycles. The number of benzene rings is 2. The van der Waals surface area contributed by atoms with Gasteiger partial charge in [0, 0.05) is 53.0 Å². The predicted octanol–water partition coefficient (Wildman–Crippen LogP) is 4.86. The van der Waals surface area contributed by atoms with E-state index in [1.807, 2.05) is 0 Å². The summed E-state index contributed by atoms with van der Waals surface area (Å²) in [5.74, 6) is -3.12. The second kappa shape index (κ2) is 12.4. The number of pyridine rings is 2. The number of alkyl halides is 2. The second-order valence-electron chi connectivity index (χ2n) is 10.1. The highest BCUT2D eigenvalue weighted by Gasteiger charge is 2.34. The van der Waals surface area contributed by atoms with Crippen molar-refractivity contribution in [3.8, 4) is 22.8 Å². The van der Waals surface area contributed by atoms with Crippen molar-refractivity contribution in [2.75, 3.05) is 19.8 Å². The maximum absolute atomic E-state index is 13.9. The molecule has 0 radical (unpaired) electrons. The van der Waals surface area contributed by atoms with Gasteiger partial charge in [-0.3, -0.25) is 14.6 Å². The Hall–Kier alpha value is -4.42. The Morgan fingerprint density at radius 2 is 2.02 bits per heavy atom. The summed E-state index contributed by atoms with van der Waals surface area (Å²) in [7, 11) is 0. The number of nitrogens with two attached hydrogens (primary N) is 1. The minimum atomic E-state index is -3.12. The average Bonchev–Trinajstić information content (AvgIpc) is 3.40. The smallest absolute Gasteiger partial charge is 0.387 e. The third kappa shape index (κ3) is 6.35. The summed E-state index contributed by atoms with van der Waals surface area (Å²) in [6, 6.07) is 10.1. The number of carbonyl (C=O) groups excluding carboxylic acids is 2. The summed E-state index contributed by atoms with van der Waals surface area (Å²) in [6.45, 7) is -1.65. The van der Waals surface area contributed by atoms with Crippen LogP contribution in [0.5, 0.6) is 11.5 Å². The molecule has 0 aliphatic carbocycles. The maximum Gasteiger partial charge on any atom is 0.387 e. The molecule has 5 rings (SSSR count). The summed E-state index contributed by atoms with van der Waals surface area (Å²) in [5, 5.41) is 12.9. The highest BCUT2D eigenvalue weighted by atomic mass is 35.5. The lowest BCUT2D eigenvalue weighted by atomic mass is 9.93. The second-order valence-corrected chi connectivity index (χ2v) is 10.5. The third-order valence-electron chi connectivity index (χ3n) is 7.10. The first-order chi connectivity index (χ1) is 20.5. The van der Waals surface area contributed by atoms with Crippen molar-refractivity contribution in [1.82, 2.24) is 15.3 Å². The highest BCUT2D eigenvalue weighted by molar-refractivity contribution is 6.31. The fourth-order valence-electron chi connectivity index (χ4n) is 5.00. The van der Waals surface area contributed by atoms with E-state index < -0.39 is 36.1 Å². The molecule has 0 saturated heterocycles. The van der Waals surface area contributed by atoms with Gasteiger partial charge in [0.25, 0.3) is 5.91 Å². The van der Waals surface area contributed by atoms with E-state index >= 15 is 0 Å². The van der Waals surface area contributed by atoms with Gasteiger partial charge in [-0.05, 0) is 61.4 Å². The molecule has 0 saturated carbocycles. The maximum atomic E-state index is 13.9. The average molecular weight is 615 g/mol. The Labute approximate surface area is 248 Å². The van der Waals surface area contributed by atoms with Gasteiger partial charge >= 0.3 is 6.61 Å². The van der Waals surface area contributed by atoms with Crippen molar-refractivity contribution >= 4 is 34.3 Å². The summed E-state index contributed by atoms with van der Waals surface area (Å²) >= 11 is 6.02. The number of fused-ring (bicyclic) bond motifs is 2. The molecular formula is C30H26ClF3N4O5. The Bertz CT molecular complexity index is 1720. The Balaban J connectivity index is 1.49. The molecule has 13 heteroatoms. The Kier molecular flexibility index (Phi) is 8.69. The van der Waals surface area contributed by atoms with E-state index in [1.54, 1.807) is 19.1 Å². The van der Waals surface area contributed by atoms with Crippen molar-refractivity contribution in [2.24, 2.45) is 5.73 Å². The van der Waals surface area contributed by atoms with Crippen LogP contribution < -0.4 is 20.5 Å². The first-order valence-electron chi connectivity index (χ1n) is 13.2. The van der Waals surface area contributed by atoms with Crippen molar-refractivity contribution < 1.29 is 37.3 Å². The summed E-state index contributed by atoms with van der Waals surface area (Å²) < 4.78 is 50.5. The molecule has 0 bridgehead atoms. The SMILES string of the molecule is Cc1cnc2c(OC(F)F)cc(C(=O)NCC(CCO)c3cc4c(c(-c5ccc(F)c(Cl)c5)n3)OCC4C(N)=O)cc2c1. The molecule has 9 nitrogen and oxygen atoms in total. The number of nitrogens with zero attached hydrogens (tertiary/aromatic N) is 2. The fraction of sp³-hybridized carbons (Fsp3) is 0.267. The van der Waals surface area contributed by atoms with Gasteiger partial charge in [-0.25, -0.2) is 9.37 Å². The van der Waals surface area contributed by atoms with E-state index in [4.69, 9.17) is 27.1 Å². The van der Waals surface area contributed by atoms with Crippen LogP contribution >= 0.6 is 11.6 Å². The van der Waals surface area contributed by atoms with Crippen molar-refractivity contribution in [2.45, 2.75) is 31.8 Å². The number of hydrogen-bond acceptors (Lipinski definition) is 7. The molecule has 0 fully saturated rings. The summed E-state index contributed by atoms with van der Waals surface area (Å²) in [6.07, 6.45) is 1.67. The lowest BCUT2D eigenvalue weighted by Crippen LogP contribution is -2.29.